The molecule has 0 atom stereocenters. The summed E-state index contributed by atoms with van der Waals surface area (Å²) in [4.78, 5) is 20.1. The molecule has 7 nitrogen and oxygen atoms in total. The standard InChI is InChI=1S/C19H14F3N5O2S/c1-27-9-24-12-6-10(2-4-15(12)27)14-8-30-18(26-14)25-13-7-11(17(23)28)3-5-16(13)29-19(20,21)22/h2-9H,1H3,(H2,23,28)(H,25,26). The van der Waals surface area contributed by atoms with E-state index in [1.807, 2.05) is 29.8 Å². The summed E-state index contributed by atoms with van der Waals surface area (Å²) in [6, 6.07) is 9.04. The van der Waals surface area contributed by atoms with Gasteiger partial charge in [-0.3, -0.25) is 4.79 Å². The van der Waals surface area contributed by atoms with E-state index < -0.39 is 18.0 Å². The van der Waals surface area contributed by atoms with Crippen molar-refractivity contribution in [2.75, 3.05) is 5.32 Å². The van der Waals surface area contributed by atoms with E-state index in [0.717, 1.165) is 28.7 Å². The second-order valence-electron chi connectivity index (χ2n) is 6.34. The maximum Gasteiger partial charge on any atom is 0.573 e. The highest BCUT2D eigenvalue weighted by Gasteiger charge is 2.32. The molecule has 2 heterocycles. The number of thiazole rings is 1. The molecule has 1 amide bonds. The van der Waals surface area contributed by atoms with E-state index in [9.17, 15) is 18.0 Å². The minimum absolute atomic E-state index is 0.0319. The topological polar surface area (TPSA) is 95.1 Å². The van der Waals surface area contributed by atoms with Crippen LogP contribution in [0.1, 0.15) is 10.4 Å². The van der Waals surface area contributed by atoms with E-state index in [0.29, 0.717) is 10.8 Å². The number of ether oxygens (including phenoxy) is 1. The first-order valence-corrected chi connectivity index (χ1v) is 9.41. The Labute approximate surface area is 171 Å². The number of alkyl halides is 3. The molecular weight excluding hydrogens is 419 g/mol. The lowest BCUT2D eigenvalue weighted by molar-refractivity contribution is -0.274. The number of primary amides is 1. The van der Waals surface area contributed by atoms with Crippen LogP contribution in [-0.2, 0) is 7.05 Å². The van der Waals surface area contributed by atoms with Gasteiger partial charge in [-0.05, 0) is 30.3 Å². The zero-order valence-corrected chi connectivity index (χ0v) is 16.2. The molecule has 0 saturated carbocycles. The van der Waals surface area contributed by atoms with Crippen LogP contribution in [0.5, 0.6) is 5.75 Å². The van der Waals surface area contributed by atoms with Crippen molar-refractivity contribution in [3.05, 3.63) is 53.7 Å². The molecule has 0 aliphatic rings. The summed E-state index contributed by atoms with van der Waals surface area (Å²) in [7, 11) is 1.89. The summed E-state index contributed by atoms with van der Waals surface area (Å²) in [5.74, 6) is -1.28. The van der Waals surface area contributed by atoms with Gasteiger partial charge in [-0.1, -0.05) is 6.07 Å². The number of nitrogens with two attached hydrogens (primary N) is 1. The quantitative estimate of drug-likeness (QED) is 0.485. The van der Waals surface area contributed by atoms with Gasteiger partial charge < -0.3 is 20.4 Å². The Kier molecular flexibility index (Phi) is 4.82. The normalized spacial score (nSPS) is 11.6. The first-order valence-electron chi connectivity index (χ1n) is 8.53. The number of carbonyl (C=O) groups excluding carboxylic acids is 1. The molecule has 2 aromatic heterocycles. The van der Waals surface area contributed by atoms with Crippen LogP contribution in [0.3, 0.4) is 0 Å². The lowest BCUT2D eigenvalue weighted by Gasteiger charge is -2.14. The fraction of sp³-hybridized carbons (Fsp3) is 0.105. The first kappa shape index (κ1) is 19.7. The van der Waals surface area contributed by atoms with Gasteiger partial charge in [0.15, 0.2) is 10.9 Å². The number of imidazole rings is 1. The Morgan fingerprint density at radius 1 is 1.23 bits per heavy atom. The van der Waals surface area contributed by atoms with Crippen molar-refractivity contribution < 1.29 is 22.7 Å². The van der Waals surface area contributed by atoms with Gasteiger partial charge in [0.1, 0.15) is 0 Å². The number of fused-ring (bicyclic) bond motifs is 1. The Bertz CT molecular complexity index is 1250. The van der Waals surface area contributed by atoms with Gasteiger partial charge in [-0.25, -0.2) is 9.97 Å². The predicted molar refractivity (Wildman–Crippen MR) is 107 cm³/mol. The third-order valence-electron chi connectivity index (χ3n) is 4.26. The molecule has 0 saturated heterocycles. The van der Waals surface area contributed by atoms with Crippen LogP contribution < -0.4 is 15.8 Å². The molecule has 0 unspecified atom stereocenters. The number of amides is 1. The van der Waals surface area contributed by atoms with Gasteiger partial charge in [0.2, 0.25) is 5.91 Å². The number of rotatable bonds is 5. The third-order valence-corrected chi connectivity index (χ3v) is 5.01. The van der Waals surface area contributed by atoms with Gasteiger partial charge in [0.25, 0.3) is 0 Å². The minimum Gasteiger partial charge on any atom is -0.404 e. The molecule has 0 spiro atoms. The van der Waals surface area contributed by atoms with Crippen molar-refractivity contribution in [2.45, 2.75) is 6.36 Å². The number of anilines is 2. The SMILES string of the molecule is Cn1cnc2cc(-c3csc(Nc4cc(C(N)=O)ccc4OC(F)(F)F)n3)ccc21. The molecule has 4 aromatic rings. The van der Waals surface area contributed by atoms with Gasteiger partial charge in [0, 0.05) is 23.6 Å². The molecule has 3 N–H and O–H groups in total. The molecule has 0 aliphatic heterocycles. The fourth-order valence-corrected chi connectivity index (χ4v) is 3.60. The summed E-state index contributed by atoms with van der Waals surface area (Å²) in [5, 5.41) is 4.85. The molecule has 2 aromatic carbocycles. The number of halogens is 3. The third kappa shape index (κ3) is 4.06. The molecule has 0 aliphatic carbocycles. The highest BCUT2D eigenvalue weighted by atomic mass is 32.1. The van der Waals surface area contributed by atoms with Crippen LogP contribution in [0.25, 0.3) is 22.3 Å². The number of hydrogen-bond donors (Lipinski definition) is 2. The van der Waals surface area contributed by atoms with E-state index in [-0.39, 0.29) is 11.3 Å². The van der Waals surface area contributed by atoms with Crippen LogP contribution in [-0.4, -0.2) is 26.8 Å². The van der Waals surface area contributed by atoms with Crippen molar-refractivity contribution in [2.24, 2.45) is 12.8 Å². The van der Waals surface area contributed by atoms with Crippen molar-refractivity contribution in [1.82, 2.24) is 14.5 Å². The smallest absolute Gasteiger partial charge is 0.404 e. The maximum absolute atomic E-state index is 12.7. The number of benzene rings is 2. The summed E-state index contributed by atoms with van der Waals surface area (Å²) in [5.41, 5.74) is 8.38. The summed E-state index contributed by atoms with van der Waals surface area (Å²) in [6.45, 7) is 0. The Morgan fingerprint density at radius 2 is 2.03 bits per heavy atom. The van der Waals surface area contributed by atoms with E-state index >= 15 is 0 Å². The zero-order chi connectivity index (χ0) is 21.5. The largest absolute Gasteiger partial charge is 0.573 e. The Balaban J connectivity index is 1.65. The minimum atomic E-state index is -4.89. The summed E-state index contributed by atoms with van der Waals surface area (Å²) in [6.07, 6.45) is -3.19. The molecule has 0 fully saturated rings. The van der Waals surface area contributed by atoms with Crippen molar-refractivity contribution in [1.29, 1.82) is 0 Å². The van der Waals surface area contributed by atoms with E-state index in [4.69, 9.17) is 5.73 Å². The molecule has 4 rings (SSSR count). The van der Waals surface area contributed by atoms with Gasteiger partial charge in [0.05, 0.1) is 28.7 Å². The molecule has 30 heavy (non-hydrogen) atoms. The molecule has 154 valence electrons. The average Bonchev–Trinajstić information content (AvgIpc) is 3.28. The maximum atomic E-state index is 12.7. The van der Waals surface area contributed by atoms with Crippen LogP contribution in [0.4, 0.5) is 24.0 Å². The van der Waals surface area contributed by atoms with E-state index in [1.165, 1.54) is 17.4 Å². The number of nitrogens with zero attached hydrogens (tertiary/aromatic N) is 3. The molecule has 0 radical (unpaired) electrons. The van der Waals surface area contributed by atoms with Crippen molar-refractivity contribution in [3.8, 4) is 17.0 Å². The van der Waals surface area contributed by atoms with Crippen LogP contribution in [0.15, 0.2) is 48.1 Å². The van der Waals surface area contributed by atoms with Gasteiger partial charge in [-0.2, -0.15) is 0 Å². The van der Waals surface area contributed by atoms with E-state index in [1.54, 1.807) is 11.7 Å². The van der Waals surface area contributed by atoms with Gasteiger partial charge in [-0.15, -0.1) is 24.5 Å². The lowest BCUT2D eigenvalue weighted by atomic mass is 10.1. The predicted octanol–water partition coefficient (Wildman–Crippen LogP) is 4.44. The lowest BCUT2D eigenvalue weighted by Crippen LogP contribution is -2.18. The zero-order valence-electron chi connectivity index (χ0n) is 15.4. The fourth-order valence-electron chi connectivity index (χ4n) is 2.87. The molecule has 11 heteroatoms. The summed E-state index contributed by atoms with van der Waals surface area (Å²) < 4.78 is 44.1. The molecular formula is C19H14F3N5O2S. The number of carbonyl (C=O) groups is 1. The number of hydrogen-bond acceptors (Lipinski definition) is 6. The summed E-state index contributed by atoms with van der Waals surface area (Å²) >= 11 is 1.19. The molecule has 0 bridgehead atoms. The van der Waals surface area contributed by atoms with Crippen LogP contribution in [0.2, 0.25) is 0 Å². The van der Waals surface area contributed by atoms with Crippen molar-refractivity contribution >= 4 is 39.1 Å². The number of aromatic nitrogens is 3. The number of nitrogens with one attached hydrogen (secondary N) is 1. The highest BCUT2D eigenvalue weighted by Crippen LogP contribution is 2.35. The van der Waals surface area contributed by atoms with Gasteiger partial charge >= 0.3 is 6.36 Å². The number of aryl methyl sites for hydroxylation is 1. The van der Waals surface area contributed by atoms with Crippen LogP contribution in [0, 0.1) is 0 Å². The Morgan fingerprint density at radius 3 is 2.77 bits per heavy atom. The second kappa shape index (κ2) is 7.34. The van der Waals surface area contributed by atoms with Crippen LogP contribution >= 0.6 is 11.3 Å². The monoisotopic (exact) mass is 433 g/mol. The second-order valence-corrected chi connectivity index (χ2v) is 7.20. The van der Waals surface area contributed by atoms with E-state index in [2.05, 4.69) is 20.0 Å². The first-order chi connectivity index (χ1) is 14.2. The highest BCUT2D eigenvalue weighted by molar-refractivity contribution is 7.14. The average molecular weight is 433 g/mol. The Hall–Kier alpha value is -3.60. The van der Waals surface area contributed by atoms with Crippen molar-refractivity contribution in [3.63, 3.8) is 0 Å².